The number of rotatable bonds is 7. The van der Waals surface area contributed by atoms with E-state index in [9.17, 15) is 9.59 Å². The van der Waals surface area contributed by atoms with Crippen molar-refractivity contribution in [2.75, 3.05) is 19.6 Å². The number of hydrogen-bond acceptors (Lipinski definition) is 4. The molecule has 1 aromatic heterocycles. The fourth-order valence-corrected chi connectivity index (χ4v) is 3.72. The predicted molar refractivity (Wildman–Crippen MR) is 109 cm³/mol. The van der Waals surface area contributed by atoms with Crippen molar-refractivity contribution in [1.82, 2.24) is 19.8 Å². The molecule has 1 aromatic carbocycles. The summed E-state index contributed by atoms with van der Waals surface area (Å²) >= 11 is 0. The minimum Gasteiger partial charge on any atom is -0.490 e. The van der Waals surface area contributed by atoms with Crippen molar-refractivity contribution in [3.63, 3.8) is 0 Å². The van der Waals surface area contributed by atoms with E-state index >= 15 is 0 Å². The van der Waals surface area contributed by atoms with Crippen LogP contribution in [0.5, 0.6) is 5.75 Å². The predicted octanol–water partition coefficient (Wildman–Crippen LogP) is 2.40. The standard InChI is InChI=1S/C22H28N4O3/c1-16-23-9-13-25(16)14-10-24-21(27)18-3-2-4-20(15-18)29-19-7-11-26(12-8-19)22(28)17-5-6-17/h2-4,9,13,15,17,19H,5-8,10-12,14H2,1H3,(H,24,27). The topological polar surface area (TPSA) is 76.5 Å². The summed E-state index contributed by atoms with van der Waals surface area (Å²) in [7, 11) is 0. The second-order valence-electron chi connectivity index (χ2n) is 7.87. The highest BCUT2D eigenvalue weighted by atomic mass is 16.5. The van der Waals surface area contributed by atoms with E-state index in [-0.39, 0.29) is 17.9 Å². The molecule has 0 spiro atoms. The molecular formula is C22H28N4O3. The molecule has 29 heavy (non-hydrogen) atoms. The molecule has 0 atom stereocenters. The fourth-order valence-electron chi connectivity index (χ4n) is 3.72. The average Bonchev–Trinajstić information content (AvgIpc) is 3.51. The third kappa shape index (κ3) is 4.96. The molecule has 7 nitrogen and oxygen atoms in total. The maximum absolute atomic E-state index is 12.5. The molecule has 0 radical (unpaired) electrons. The van der Waals surface area contributed by atoms with Crippen molar-refractivity contribution in [2.24, 2.45) is 5.92 Å². The second-order valence-corrected chi connectivity index (χ2v) is 7.87. The van der Waals surface area contributed by atoms with Gasteiger partial charge < -0.3 is 19.5 Å². The Hall–Kier alpha value is -2.83. The van der Waals surface area contributed by atoms with Crippen molar-refractivity contribution < 1.29 is 14.3 Å². The van der Waals surface area contributed by atoms with E-state index < -0.39 is 0 Å². The molecule has 2 fully saturated rings. The molecule has 0 bridgehead atoms. The molecule has 1 saturated carbocycles. The first-order valence-electron chi connectivity index (χ1n) is 10.4. The number of imidazole rings is 1. The normalized spacial score (nSPS) is 17.2. The Bertz CT molecular complexity index is 866. The van der Waals surface area contributed by atoms with Gasteiger partial charge in [0.05, 0.1) is 0 Å². The largest absolute Gasteiger partial charge is 0.490 e. The number of carbonyl (C=O) groups excluding carboxylic acids is 2. The highest BCUT2D eigenvalue weighted by molar-refractivity contribution is 5.94. The summed E-state index contributed by atoms with van der Waals surface area (Å²) in [5.74, 6) is 2.11. The maximum Gasteiger partial charge on any atom is 0.251 e. The summed E-state index contributed by atoms with van der Waals surface area (Å²) in [6, 6.07) is 7.31. The SMILES string of the molecule is Cc1nccn1CCNC(=O)c1cccc(OC2CCN(C(=O)C3CC3)CC2)c1. The number of benzene rings is 1. The molecule has 4 rings (SSSR count). The van der Waals surface area contributed by atoms with Gasteiger partial charge in [-0.05, 0) is 38.0 Å². The van der Waals surface area contributed by atoms with Gasteiger partial charge in [0, 0.05) is 62.9 Å². The summed E-state index contributed by atoms with van der Waals surface area (Å²) < 4.78 is 8.10. The van der Waals surface area contributed by atoms with Crippen molar-refractivity contribution in [3.05, 3.63) is 48.0 Å². The molecule has 1 aliphatic carbocycles. The quantitative estimate of drug-likeness (QED) is 0.780. The van der Waals surface area contributed by atoms with E-state index in [4.69, 9.17) is 4.74 Å². The van der Waals surface area contributed by atoms with E-state index in [1.165, 1.54) is 0 Å². The van der Waals surface area contributed by atoms with E-state index in [0.29, 0.717) is 30.3 Å². The molecular weight excluding hydrogens is 368 g/mol. The van der Waals surface area contributed by atoms with Crippen LogP contribution >= 0.6 is 0 Å². The minimum absolute atomic E-state index is 0.0841. The zero-order valence-corrected chi connectivity index (χ0v) is 16.8. The van der Waals surface area contributed by atoms with Crippen LogP contribution in [0, 0.1) is 12.8 Å². The Morgan fingerprint density at radius 1 is 1.21 bits per heavy atom. The van der Waals surface area contributed by atoms with Gasteiger partial charge in [-0.1, -0.05) is 6.07 Å². The number of hydrogen-bond donors (Lipinski definition) is 1. The van der Waals surface area contributed by atoms with Crippen LogP contribution in [0.15, 0.2) is 36.7 Å². The molecule has 2 aliphatic rings. The van der Waals surface area contributed by atoms with Crippen LogP contribution in [-0.4, -0.2) is 52.0 Å². The van der Waals surface area contributed by atoms with Crippen LogP contribution in [0.3, 0.4) is 0 Å². The lowest BCUT2D eigenvalue weighted by Crippen LogP contribution is -2.42. The van der Waals surface area contributed by atoms with Crippen molar-refractivity contribution >= 4 is 11.8 Å². The lowest BCUT2D eigenvalue weighted by atomic mass is 10.1. The molecule has 154 valence electrons. The van der Waals surface area contributed by atoms with E-state index in [1.54, 1.807) is 18.3 Å². The number of nitrogens with one attached hydrogen (secondary N) is 1. The van der Waals surface area contributed by atoms with Crippen LogP contribution in [0.2, 0.25) is 0 Å². The number of carbonyl (C=O) groups is 2. The van der Waals surface area contributed by atoms with Crippen LogP contribution in [-0.2, 0) is 11.3 Å². The van der Waals surface area contributed by atoms with Gasteiger partial charge in [0.1, 0.15) is 17.7 Å². The number of amides is 2. The molecule has 7 heteroatoms. The summed E-state index contributed by atoms with van der Waals surface area (Å²) in [6.07, 6.45) is 7.50. The lowest BCUT2D eigenvalue weighted by Gasteiger charge is -2.32. The molecule has 1 N–H and O–H groups in total. The van der Waals surface area contributed by atoms with Gasteiger partial charge in [-0.25, -0.2) is 4.98 Å². The van der Waals surface area contributed by atoms with Crippen LogP contribution in [0.1, 0.15) is 41.9 Å². The Morgan fingerprint density at radius 3 is 2.69 bits per heavy atom. The van der Waals surface area contributed by atoms with E-state index in [0.717, 1.165) is 44.6 Å². The lowest BCUT2D eigenvalue weighted by molar-refractivity contribution is -0.134. The first-order valence-corrected chi connectivity index (χ1v) is 10.4. The third-order valence-corrected chi connectivity index (χ3v) is 5.64. The van der Waals surface area contributed by atoms with Crippen molar-refractivity contribution in [3.8, 4) is 5.75 Å². The first kappa shape index (κ1) is 19.5. The summed E-state index contributed by atoms with van der Waals surface area (Å²) in [5, 5.41) is 2.94. The maximum atomic E-state index is 12.5. The monoisotopic (exact) mass is 396 g/mol. The van der Waals surface area contributed by atoms with Gasteiger partial charge in [0.2, 0.25) is 5.91 Å². The number of piperidine rings is 1. The number of aryl methyl sites for hydroxylation is 1. The molecule has 0 unspecified atom stereocenters. The first-order chi connectivity index (χ1) is 14.1. The van der Waals surface area contributed by atoms with Crippen LogP contribution in [0.25, 0.3) is 0 Å². The number of ether oxygens (including phenoxy) is 1. The molecule has 2 aromatic rings. The fraction of sp³-hybridized carbons (Fsp3) is 0.500. The Morgan fingerprint density at radius 2 is 2.00 bits per heavy atom. The van der Waals surface area contributed by atoms with Gasteiger partial charge in [-0.3, -0.25) is 9.59 Å². The van der Waals surface area contributed by atoms with E-state index in [1.807, 2.05) is 34.7 Å². The average molecular weight is 396 g/mol. The third-order valence-electron chi connectivity index (χ3n) is 5.64. The Balaban J connectivity index is 1.25. The highest BCUT2D eigenvalue weighted by Crippen LogP contribution is 2.32. The molecule has 1 aliphatic heterocycles. The van der Waals surface area contributed by atoms with Gasteiger partial charge in [-0.2, -0.15) is 0 Å². The van der Waals surface area contributed by atoms with Crippen LogP contribution in [0.4, 0.5) is 0 Å². The van der Waals surface area contributed by atoms with Gasteiger partial charge in [-0.15, -0.1) is 0 Å². The minimum atomic E-state index is -0.113. The molecule has 2 amide bonds. The van der Waals surface area contributed by atoms with Gasteiger partial charge >= 0.3 is 0 Å². The zero-order valence-electron chi connectivity index (χ0n) is 16.8. The number of nitrogens with zero attached hydrogens (tertiary/aromatic N) is 3. The Labute approximate surface area is 171 Å². The summed E-state index contributed by atoms with van der Waals surface area (Å²) in [5.41, 5.74) is 0.589. The number of likely N-dealkylation sites (tertiary alicyclic amines) is 1. The summed E-state index contributed by atoms with van der Waals surface area (Å²) in [4.78, 5) is 30.8. The van der Waals surface area contributed by atoms with Gasteiger partial charge in [0.25, 0.3) is 5.91 Å². The highest BCUT2D eigenvalue weighted by Gasteiger charge is 2.35. The summed E-state index contributed by atoms with van der Waals surface area (Å²) in [6.45, 7) is 4.68. The second kappa shape index (κ2) is 8.68. The van der Waals surface area contributed by atoms with Crippen molar-refractivity contribution in [2.45, 2.75) is 45.3 Å². The van der Waals surface area contributed by atoms with Crippen molar-refractivity contribution in [1.29, 1.82) is 0 Å². The smallest absolute Gasteiger partial charge is 0.251 e. The number of aromatic nitrogens is 2. The zero-order chi connectivity index (χ0) is 20.2. The van der Waals surface area contributed by atoms with Crippen LogP contribution < -0.4 is 10.1 Å². The molecule has 1 saturated heterocycles. The van der Waals surface area contributed by atoms with E-state index in [2.05, 4.69) is 10.3 Å². The molecule has 2 heterocycles. The Kier molecular flexibility index (Phi) is 5.83. The van der Waals surface area contributed by atoms with Gasteiger partial charge in [0.15, 0.2) is 0 Å².